The van der Waals surface area contributed by atoms with Crippen LogP contribution in [0.2, 0.25) is 0 Å². The van der Waals surface area contributed by atoms with E-state index in [9.17, 15) is 14.7 Å². The third kappa shape index (κ3) is 3.28. The Bertz CT molecular complexity index is 892. The molecule has 0 aromatic heterocycles. The molecular weight excluding hydrogens is 366 g/mol. The minimum absolute atomic E-state index is 0.00507. The summed E-state index contributed by atoms with van der Waals surface area (Å²) in [4.78, 5) is 26.3. The highest BCUT2D eigenvalue weighted by molar-refractivity contribution is 5.79. The van der Waals surface area contributed by atoms with Gasteiger partial charge in [-0.05, 0) is 41.0 Å². The van der Waals surface area contributed by atoms with E-state index in [2.05, 4.69) is 24.3 Å². The number of aliphatic carboxylic acids is 1. The molecule has 1 aliphatic carbocycles. The Morgan fingerprint density at radius 3 is 2.24 bits per heavy atom. The van der Waals surface area contributed by atoms with E-state index in [-0.39, 0.29) is 25.0 Å². The van der Waals surface area contributed by atoms with Crippen LogP contribution in [0.15, 0.2) is 48.5 Å². The predicted octanol–water partition coefficient (Wildman–Crippen LogP) is 4.76. The van der Waals surface area contributed by atoms with Crippen LogP contribution < -0.4 is 0 Å². The number of carbonyl (C=O) groups excluding carboxylic acids is 1. The molecule has 2 aromatic carbocycles. The van der Waals surface area contributed by atoms with Gasteiger partial charge in [0.05, 0.1) is 5.41 Å². The molecule has 1 saturated heterocycles. The zero-order valence-electron chi connectivity index (χ0n) is 16.9. The molecule has 1 aliphatic heterocycles. The average Bonchev–Trinajstić information content (AvgIpc) is 3.05. The fourth-order valence-electron chi connectivity index (χ4n) is 4.82. The van der Waals surface area contributed by atoms with Crippen LogP contribution in [-0.2, 0) is 9.53 Å². The maximum absolute atomic E-state index is 12.8. The number of carboxylic acids is 1. The fourth-order valence-corrected chi connectivity index (χ4v) is 4.82. The van der Waals surface area contributed by atoms with Gasteiger partial charge in [-0.2, -0.15) is 0 Å². The van der Waals surface area contributed by atoms with E-state index in [4.69, 9.17) is 4.74 Å². The molecule has 2 aromatic rings. The van der Waals surface area contributed by atoms with E-state index in [0.717, 1.165) is 0 Å². The number of rotatable bonds is 4. The highest BCUT2D eigenvalue weighted by Crippen LogP contribution is 2.44. The molecule has 0 radical (unpaired) electrons. The molecule has 0 spiro atoms. The molecule has 1 N–H and O–H groups in total. The van der Waals surface area contributed by atoms with Crippen molar-refractivity contribution in [2.45, 2.75) is 32.6 Å². The predicted molar refractivity (Wildman–Crippen MR) is 111 cm³/mol. The van der Waals surface area contributed by atoms with Gasteiger partial charge in [0.1, 0.15) is 6.61 Å². The number of likely N-dealkylation sites (tertiary alicyclic amines) is 1. The zero-order chi connectivity index (χ0) is 20.6. The maximum atomic E-state index is 12.8. The molecule has 2 aliphatic rings. The van der Waals surface area contributed by atoms with Crippen molar-refractivity contribution in [3.63, 3.8) is 0 Å². The summed E-state index contributed by atoms with van der Waals surface area (Å²) in [6.45, 7) is 4.82. The van der Waals surface area contributed by atoms with Gasteiger partial charge in [-0.15, -0.1) is 0 Å². The lowest BCUT2D eigenvalue weighted by atomic mass is 9.71. The van der Waals surface area contributed by atoms with E-state index < -0.39 is 17.5 Å². The quantitative estimate of drug-likeness (QED) is 0.813. The minimum Gasteiger partial charge on any atom is -0.481 e. The fraction of sp³-hybridized carbons (Fsp3) is 0.417. The summed E-state index contributed by atoms with van der Waals surface area (Å²) in [5.41, 5.74) is 3.81. The molecule has 0 saturated carbocycles. The first-order valence-corrected chi connectivity index (χ1v) is 10.3. The van der Waals surface area contributed by atoms with Gasteiger partial charge in [0.2, 0.25) is 0 Å². The Hall–Kier alpha value is -2.82. The third-order valence-electron chi connectivity index (χ3n) is 6.65. The SMILES string of the molecule is CC(C)C1(C(=O)O)CCCN(C(=O)OCC2c3ccccc3-c3ccccc32)C1. The molecule has 5 heteroatoms. The Kier molecular flexibility index (Phi) is 5.07. The Balaban J connectivity index is 1.50. The van der Waals surface area contributed by atoms with Crippen molar-refractivity contribution in [3.05, 3.63) is 59.7 Å². The van der Waals surface area contributed by atoms with Gasteiger partial charge < -0.3 is 14.7 Å². The summed E-state index contributed by atoms with van der Waals surface area (Å²) in [6.07, 6.45) is 0.847. The topological polar surface area (TPSA) is 66.8 Å². The monoisotopic (exact) mass is 393 g/mol. The molecule has 1 fully saturated rings. The van der Waals surface area contributed by atoms with Crippen LogP contribution in [0.5, 0.6) is 0 Å². The zero-order valence-corrected chi connectivity index (χ0v) is 16.9. The van der Waals surface area contributed by atoms with Crippen LogP contribution in [0.25, 0.3) is 11.1 Å². The van der Waals surface area contributed by atoms with E-state index in [0.29, 0.717) is 19.4 Å². The van der Waals surface area contributed by atoms with E-state index in [1.807, 2.05) is 38.1 Å². The second-order valence-corrected chi connectivity index (χ2v) is 8.45. The number of ether oxygens (including phenoxy) is 1. The lowest BCUT2D eigenvalue weighted by Crippen LogP contribution is -2.52. The van der Waals surface area contributed by atoms with Crippen LogP contribution in [0.3, 0.4) is 0 Å². The molecule has 4 rings (SSSR count). The number of piperidine rings is 1. The summed E-state index contributed by atoms with van der Waals surface area (Å²) in [7, 11) is 0. The Labute approximate surface area is 171 Å². The normalized spacial score (nSPS) is 21.0. The first kappa shape index (κ1) is 19.5. The van der Waals surface area contributed by atoms with Crippen molar-refractivity contribution in [2.75, 3.05) is 19.7 Å². The van der Waals surface area contributed by atoms with Crippen LogP contribution in [0.4, 0.5) is 4.79 Å². The van der Waals surface area contributed by atoms with E-state index in [1.54, 1.807) is 4.90 Å². The first-order chi connectivity index (χ1) is 13.9. The maximum Gasteiger partial charge on any atom is 0.409 e. The summed E-state index contributed by atoms with van der Waals surface area (Å²) in [5.74, 6) is -0.877. The summed E-state index contributed by atoms with van der Waals surface area (Å²) >= 11 is 0. The van der Waals surface area contributed by atoms with Crippen molar-refractivity contribution < 1.29 is 19.4 Å². The van der Waals surface area contributed by atoms with E-state index >= 15 is 0 Å². The van der Waals surface area contributed by atoms with E-state index in [1.165, 1.54) is 22.3 Å². The van der Waals surface area contributed by atoms with Gasteiger partial charge in [-0.1, -0.05) is 62.4 Å². The molecule has 1 amide bonds. The Morgan fingerprint density at radius 2 is 1.69 bits per heavy atom. The number of carbonyl (C=O) groups is 2. The molecule has 1 atom stereocenters. The highest BCUT2D eigenvalue weighted by atomic mass is 16.6. The summed E-state index contributed by atoms with van der Waals surface area (Å²) in [5, 5.41) is 9.80. The standard InChI is InChI=1S/C24H27NO4/c1-16(2)24(22(26)27)12-7-13-25(15-24)23(28)29-14-21-19-10-5-3-8-17(19)18-9-4-6-11-20(18)21/h3-6,8-11,16,21H,7,12-15H2,1-2H3,(H,26,27). The van der Waals surface area contributed by atoms with Gasteiger partial charge >= 0.3 is 12.1 Å². The molecule has 29 heavy (non-hydrogen) atoms. The molecule has 5 nitrogen and oxygen atoms in total. The van der Waals surface area contributed by atoms with Crippen LogP contribution in [0, 0.1) is 11.3 Å². The van der Waals surface area contributed by atoms with Crippen molar-refractivity contribution in [2.24, 2.45) is 11.3 Å². The van der Waals surface area contributed by atoms with Crippen molar-refractivity contribution in [1.29, 1.82) is 0 Å². The number of hydrogen-bond acceptors (Lipinski definition) is 3. The molecule has 0 bridgehead atoms. The summed E-state index contributed by atoms with van der Waals surface area (Å²) < 4.78 is 5.73. The molecular formula is C24H27NO4. The average molecular weight is 393 g/mol. The number of hydrogen-bond donors (Lipinski definition) is 1. The smallest absolute Gasteiger partial charge is 0.409 e. The van der Waals surface area contributed by atoms with Gasteiger partial charge in [-0.3, -0.25) is 4.79 Å². The number of amides is 1. The van der Waals surface area contributed by atoms with Crippen LogP contribution in [-0.4, -0.2) is 41.8 Å². The number of fused-ring (bicyclic) bond motifs is 3. The van der Waals surface area contributed by atoms with Crippen LogP contribution >= 0.6 is 0 Å². The van der Waals surface area contributed by atoms with Crippen molar-refractivity contribution >= 4 is 12.1 Å². The number of nitrogens with zero attached hydrogens (tertiary/aromatic N) is 1. The number of carboxylic acid groups (broad SMARTS) is 1. The lowest BCUT2D eigenvalue weighted by Gasteiger charge is -2.42. The van der Waals surface area contributed by atoms with Crippen LogP contribution in [0.1, 0.15) is 43.7 Å². The minimum atomic E-state index is -0.899. The van der Waals surface area contributed by atoms with Gasteiger partial charge in [0.25, 0.3) is 0 Å². The summed E-state index contributed by atoms with van der Waals surface area (Å²) in [6, 6.07) is 16.4. The van der Waals surface area contributed by atoms with Gasteiger partial charge in [0, 0.05) is 19.0 Å². The second-order valence-electron chi connectivity index (χ2n) is 8.45. The molecule has 1 heterocycles. The Morgan fingerprint density at radius 1 is 1.10 bits per heavy atom. The second kappa shape index (κ2) is 7.54. The first-order valence-electron chi connectivity index (χ1n) is 10.3. The largest absolute Gasteiger partial charge is 0.481 e. The molecule has 1 unspecified atom stereocenters. The lowest BCUT2D eigenvalue weighted by molar-refractivity contribution is -0.155. The number of benzene rings is 2. The highest BCUT2D eigenvalue weighted by Gasteiger charge is 2.46. The van der Waals surface area contributed by atoms with Gasteiger partial charge in [0.15, 0.2) is 0 Å². The van der Waals surface area contributed by atoms with Gasteiger partial charge in [-0.25, -0.2) is 4.79 Å². The van der Waals surface area contributed by atoms with Crippen molar-refractivity contribution in [1.82, 2.24) is 4.90 Å². The third-order valence-corrected chi connectivity index (χ3v) is 6.65. The van der Waals surface area contributed by atoms with Crippen molar-refractivity contribution in [3.8, 4) is 11.1 Å². The molecule has 152 valence electrons.